The van der Waals surface area contributed by atoms with Gasteiger partial charge in [0.15, 0.2) is 0 Å². The molecule has 0 bridgehead atoms. The molecule has 9 heavy (non-hydrogen) atoms. The molecule has 0 amide bonds. The molecule has 0 atom stereocenters. The first-order valence-corrected chi connectivity index (χ1v) is 6.16. The largest absolute Gasteiger partial charge is 0.0682 e. The summed E-state index contributed by atoms with van der Waals surface area (Å²) in [4.78, 5) is 0. The van der Waals surface area contributed by atoms with Gasteiger partial charge in [-0.3, -0.25) is 0 Å². The Morgan fingerprint density at radius 3 is 2.44 bits per heavy atom. The Morgan fingerprint density at radius 2 is 2.11 bits per heavy atom. The van der Waals surface area contributed by atoms with Crippen LogP contribution >= 0.6 is 0 Å². The van der Waals surface area contributed by atoms with Gasteiger partial charge < -0.3 is 0 Å². The Balaban J connectivity index is 2.85. The quantitative estimate of drug-likeness (QED) is 0.507. The Bertz CT molecular complexity index is 167. The molecule has 0 aliphatic rings. The highest BCUT2D eigenvalue weighted by molar-refractivity contribution is 6.70. The number of hydrogen-bond donors (Lipinski definition) is 0. The van der Waals surface area contributed by atoms with Crippen LogP contribution in [0.25, 0.3) is 0 Å². The van der Waals surface area contributed by atoms with E-state index in [9.17, 15) is 0 Å². The normalized spacial score (nSPS) is 10.1. The van der Waals surface area contributed by atoms with Gasteiger partial charge in [-0.2, -0.15) is 0 Å². The van der Waals surface area contributed by atoms with E-state index >= 15 is 0 Å². The van der Waals surface area contributed by atoms with E-state index in [0.29, 0.717) is 0 Å². The SMILES string of the molecule is C[SiH](C)c1[c]cccc1. The van der Waals surface area contributed by atoms with Crippen LogP contribution in [0.15, 0.2) is 24.3 Å². The van der Waals surface area contributed by atoms with Crippen molar-refractivity contribution in [2.45, 2.75) is 13.1 Å². The Morgan fingerprint density at radius 1 is 1.33 bits per heavy atom. The van der Waals surface area contributed by atoms with Crippen LogP contribution in [0.5, 0.6) is 0 Å². The second-order valence-corrected chi connectivity index (χ2v) is 5.40. The average Bonchev–Trinajstić information content (AvgIpc) is 1.90. The van der Waals surface area contributed by atoms with Gasteiger partial charge in [-0.15, -0.1) is 0 Å². The summed E-state index contributed by atoms with van der Waals surface area (Å²) in [5.74, 6) is 0. The summed E-state index contributed by atoms with van der Waals surface area (Å²) in [5, 5.41) is 1.43. The van der Waals surface area contributed by atoms with Gasteiger partial charge >= 0.3 is 0 Å². The standard InChI is InChI=1S/C8H11Si/c1-9(2)8-6-4-3-5-7-8/h3-6,9H,1-2H3. The van der Waals surface area contributed by atoms with E-state index in [0.717, 1.165) is 0 Å². The third kappa shape index (κ3) is 1.68. The van der Waals surface area contributed by atoms with Gasteiger partial charge in [0, 0.05) is 0 Å². The molecule has 47 valence electrons. The maximum Gasteiger partial charge on any atom is 0.0655 e. The third-order valence-electron chi connectivity index (χ3n) is 1.36. The molecule has 0 aromatic heterocycles. The minimum absolute atomic E-state index is 0.584. The maximum absolute atomic E-state index is 3.23. The van der Waals surface area contributed by atoms with Crippen molar-refractivity contribution in [3.63, 3.8) is 0 Å². The van der Waals surface area contributed by atoms with Crippen molar-refractivity contribution in [1.29, 1.82) is 0 Å². The second kappa shape index (κ2) is 2.83. The fraction of sp³-hybridized carbons (Fsp3) is 0.250. The lowest BCUT2D eigenvalue weighted by Crippen LogP contribution is -2.21. The Hall–Kier alpha value is -0.563. The molecule has 1 heteroatoms. The van der Waals surface area contributed by atoms with Crippen LogP contribution in [-0.4, -0.2) is 8.80 Å². The van der Waals surface area contributed by atoms with Gasteiger partial charge in [-0.05, 0) is 6.07 Å². The van der Waals surface area contributed by atoms with Crippen LogP contribution in [0.4, 0.5) is 0 Å². The lowest BCUT2D eigenvalue weighted by atomic mass is 10.4. The zero-order chi connectivity index (χ0) is 6.69. The van der Waals surface area contributed by atoms with Gasteiger partial charge in [-0.25, -0.2) is 0 Å². The molecule has 0 N–H and O–H groups in total. The van der Waals surface area contributed by atoms with Gasteiger partial charge in [0.2, 0.25) is 0 Å². The van der Waals surface area contributed by atoms with Crippen LogP contribution in [0.1, 0.15) is 0 Å². The zero-order valence-corrected chi connectivity index (χ0v) is 7.04. The lowest BCUT2D eigenvalue weighted by molar-refractivity contribution is 1.73. The highest BCUT2D eigenvalue weighted by atomic mass is 28.3. The predicted molar refractivity (Wildman–Crippen MR) is 43.8 cm³/mol. The van der Waals surface area contributed by atoms with E-state index in [1.54, 1.807) is 0 Å². The van der Waals surface area contributed by atoms with Crippen LogP contribution in [0, 0.1) is 6.07 Å². The van der Waals surface area contributed by atoms with E-state index in [-0.39, 0.29) is 0 Å². The van der Waals surface area contributed by atoms with Gasteiger partial charge in [0.1, 0.15) is 0 Å². The molecule has 0 spiro atoms. The predicted octanol–water partition coefficient (Wildman–Crippen LogP) is 1.18. The van der Waals surface area contributed by atoms with E-state index in [1.165, 1.54) is 5.19 Å². The molecular weight excluding hydrogens is 124 g/mol. The number of hydrogen-bond acceptors (Lipinski definition) is 0. The monoisotopic (exact) mass is 135 g/mol. The molecule has 0 fully saturated rings. The number of rotatable bonds is 1. The molecule has 1 aromatic carbocycles. The molecule has 1 aromatic rings. The third-order valence-corrected chi connectivity index (χ3v) is 2.96. The van der Waals surface area contributed by atoms with Gasteiger partial charge in [0.05, 0.1) is 8.80 Å². The summed E-state index contributed by atoms with van der Waals surface area (Å²) in [5.41, 5.74) is 0. The maximum atomic E-state index is 3.23. The summed E-state index contributed by atoms with van der Waals surface area (Å²) in [6.45, 7) is 4.62. The first-order valence-electron chi connectivity index (χ1n) is 3.27. The van der Waals surface area contributed by atoms with Gasteiger partial charge in [-0.1, -0.05) is 42.5 Å². The molecule has 1 rings (SSSR count). The smallest absolute Gasteiger partial charge is 0.0655 e. The van der Waals surface area contributed by atoms with Crippen LogP contribution in [-0.2, 0) is 0 Å². The van der Waals surface area contributed by atoms with Crippen molar-refractivity contribution in [3.05, 3.63) is 30.3 Å². The van der Waals surface area contributed by atoms with Crippen LogP contribution in [0.2, 0.25) is 13.1 Å². The molecule has 0 aliphatic heterocycles. The zero-order valence-electron chi connectivity index (χ0n) is 5.89. The van der Waals surface area contributed by atoms with E-state index in [4.69, 9.17) is 0 Å². The van der Waals surface area contributed by atoms with Crippen molar-refractivity contribution >= 4 is 14.0 Å². The van der Waals surface area contributed by atoms with Crippen LogP contribution in [0.3, 0.4) is 0 Å². The molecular formula is C8H11Si. The summed E-state index contributed by atoms with van der Waals surface area (Å²) >= 11 is 0. The molecule has 0 unspecified atom stereocenters. The van der Waals surface area contributed by atoms with Crippen molar-refractivity contribution < 1.29 is 0 Å². The highest BCUT2D eigenvalue weighted by Crippen LogP contribution is 1.85. The van der Waals surface area contributed by atoms with Crippen molar-refractivity contribution in [1.82, 2.24) is 0 Å². The Labute approximate surface area is 58.1 Å². The topological polar surface area (TPSA) is 0 Å². The molecule has 1 radical (unpaired) electrons. The lowest BCUT2D eigenvalue weighted by Gasteiger charge is -1.99. The van der Waals surface area contributed by atoms with E-state index < -0.39 is 8.80 Å². The highest BCUT2D eigenvalue weighted by Gasteiger charge is 1.96. The molecule has 0 aliphatic carbocycles. The molecule has 0 saturated carbocycles. The minimum Gasteiger partial charge on any atom is -0.0682 e. The fourth-order valence-electron chi connectivity index (χ4n) is 0.766. The first-order chi connectivity index (χ1) is 4.30. The summed E-state index contributed by atoms with van der Waals surface area (Å²) in [6.07, 6.45) is 0. The summed E-state index contributed by atoms with van der Waals surface area (Å²) in [6, 6.07) is 11.5. The first kappa shape index (κ1) is 6.56. The van der Waals surface area contributed by atoms with Gasteiger partial charge in [0.25, 0.3) is 0 Å². The molecule has 0 nitrogen and oxygen atoms in total. The van der Waals surface area contributed by atoms with E-state index in [2.05, 4.69) is 31.3 Å². The summed E-state index contributed by atoms with van der Waals surface area (Å²) < 4.78 is 0. The number of benzene rings is 1. The van der Waals surface area contributed by atoms with Crippen molar-refractivity contribution in [3.8, 4) is 0 Å². The molecule has 0 heterocycles. The summed E-state index contributed by atoms with van der Waals surface area (Å²) in [7, 11) is -0.584. The van der Waals surface area contributed by atoms with E-state index in [1.807, 2.05) is 12.1 Å². The van der Waals surface area contributed by atoms with Crippen LogP contribution < -0.4 is 5.19 Å². The van der Waals surface area contributed by atoms with Crippen molar-refractivity contribution in [2.75, 3.05) is 0 Å². The average molecular weight is 135 g/mol. The Kier molecular flexibility index (Phi) is 2.06. The van der Waals surface area contributed by atoms with Crippen molar-refractivity contribution in [2.24, 2.45) is 0 Å². The fourth-order valence-corrected chi connectivity index (χ4v) is 1.69. The molecule has 0 saturated heterocycles. The minimum atomic E-state index is -0.584. The second-order valence-electron chi connectivity index (χ2n) is 2.47.